The summed E-state index contributed by atoms with van der Waals surface area (Å²) in [5, 5.41) is 3.59. The Morgan fingerprint density at radius 3 is 2.50 bits per heavy atom. The molecule has 1 saturated carbocycles. The maximum absolute atomic E-state index is 3.59. The van der Waals surface area contributed by atoms with E-state index in [1.807, 2.05) is 0 Å². The van der Waals surface area contributed by atoms with Gasteiger partial charge in [0.25, 0.3) is 0 Å². The van der Waals surface area contributed by atoms with Gasteiger partial charge >= 0.3 is 0 Å². The highest BCUT2D eigenvalue weighted by molar-refractivity contribution is 14.1. The van der Waals surface area contributed by atoms with Gasteiger partial charge in [-0.1, -0.05) is 32.4 Å². The maximum Gasteiger partial charge on any atom is 0.0130 e. The van der Waals surface area contributed by atoms with E-state index < -0.39 is 0 Å². The Hall–Kier alpha value is -0.0900. The van der Waals surface area contributed by atoms with Crippen LogP contribution in [0.5, 0.6) is 0 Å². The molecule has 1 fully saturated rings. The van der Waals surface area contributed by atoms with Crippen LogP contribution in [0.2, 0.25) is 0 Å². The first kappa shape index (κ1) is 12.4. The zero-order chi connectivity index (χ0) is 11.5. The van der Waals surface area contributed by atoms with Crippen molar-refractivity contribution >= 4 is 22.6 Å². The molecule has 1 aromatic carbocycles. The number of benzene rings is 1. The van der Waals surface area contributed by atoms with Crippen molar-refractivity contribution in [1.82, 2.24) is 5.32 Å². The predicted octanol–water partition coefficient (Wildman–Crippen LogP) is 3.78. The summed E-state index contributed by atoms with van der Waals surface area (Å²) in [5.74, 6) is 1.62. The molecule has 0 spiro atoms. The summed E-state index contributed by atoms with van der Waals surface area (Å²) in [6, 6.07) is 9.81. The quantitative estimate of drug-likeness (QED) is 0.829. The fourth-order valence-electron chi connectivity index (χ4n) is 2.87. The van der Waals surface area contributed by atoms with Crippen LogP contribution in [0.4, 0.5) is 0 Å². The van der Waals surface area contributed by atoms with Gasteiger partial charge in [0, 0.05) is 9.61 Å². The molecule has 0 aliphatic heterocycles. The summed E-state index contributed by atoms with van der Waals surface area (Å²) >= 11 is 2.37. The molecule has 0 bridgehead atoms. The molecule has 0 heterocycles. The van der Waals surface area contributed by atoms with E-state index in [4.69, 9.17) is 0 Å². The van der Waals surface area contributed by atoms with Crippen LogP contribution in [0.15, 0.2) is 24.3 Å². The van der Waals surface area contributed by atoms with Gasteiger partial charge in [-0.3, -0.25) is 0 Å². The normalized spacial score (nSPS) is 28.8. The molecular weight excluding hydrogens is 309 g/mol. The van der Waals surface area contributed by atoms with E-state index in [1.54, 1.807) is 0 Å². The van der Waals surface area contributed by atoms with E-state index in [0.29, 0.717) is 0 Å². The first-order chi connectivity index (χ1) is 7.76. The largest absolute Gasteiger partial charge is 0.314 e. The molecule has 1 aliphatic rings. The third kappa shape index (κ3) is 2.43. The molecule has 0 radical (unpaired) electrons. The number of nitrogens with one attached hydrogen (secondary N) is 1. The highest BCUT2D eigenvalue weighted by Crippen LogP contribution is 2.44. The zero-order valence-corrected chi connectivity index (χ0v) is 12.2. The van der Waals surface area contributed by atoms with E-state index in [-0.39, 0.29) is 0 Å². The van der Waals surface area contributed by atoms with Gasteiger partial charge in [-0.25, -0.2) is 0 Å². The molecular formula is C14H20IN. The van der Waals surface area contributed by atoms with Crippen LogP contribution >= 0.6 is 22.6 Å². The Balaban J connectivity index is 2.04. The summed E-state index contributed by atoms with van der Waals surface area (Å²) in [4.78, 5) is 0. The molecule has 0 aromatic heterocycles. The maximum atomic E-state index is 3.59. The Kier molecular flexibility index (Phi) is 4.25. The van der Waals surface area contributed by atoms with Crippen molar-refractivity contribution in [3.63, 3.8) is 0 Å². The molecule has 3 unspecified atom stereocenters. The Morgan fingerprint density at radius 1 is 1.25 bits per heavy atom. The Morgan fingerprint density at radius 2 is 1.94 bits per heavy atom. The van der Waals surface area contributed by atoms with E-state index in [9.17, 15) is 0 Å². The summed E-state index contributed by atoms with van der Waals surface area (Å²) in [7, 11) is 0. The number of hydrogen-bond acceptors (Lipinski definition) is 1. The second kappa shape index (κ2) is 5.50. The molecule has 1 aliphatic carbocycles. The summed E-state index contributed by atoms with van der Waals surface area (Å²) < 4.78 is 1.33. The van der Waals surface area contributed by atoms with Crippen molar-refractivity contribution < 1.29 is 0 Å². The molecule has 1 aromatic rings. The van der Waals surface area contributed by atoms with Gasteiger partial charge in [-0.15, -0.1) is 0 Å². The highest BCUT2D eigenvalue weighted by atomic mass is 127. The lowest BCUT2D eigenvalue weighted by Gasteiger charge is -2.45. The van der Waals surface area contributed by atoms with Gasteiger partial charge in [0.05, 0.1) is 0 Å². The van der Waals surface area contributed by atoms with Gasteiger partial charge < -0.3 is 5.32 Å². The Labute approximate surface area is 112 Å². The van der Waals surface area contributed by atoms with Crippen LogP contribution in [0, 0.1) is 9.49 Å². The lowest BCUT2D eigenvalue weighted by Crippen LogP contribution is -2.48. The fraction of sp³-hybridized carbons (Fsp3) is 0.571. The third-order valence-electron chi connectivity index (χ3n) is 3.78. The average Bonchev–Trinajstić information content (AvgIpc) is 2.26. The van der Waals surface area contributed by atoms with Crippen LogP contribution in [-0.2, 0) is 0 Å². The zero-order valence-electron chi connectivity index (χ0n) is 10.0. The van der Waals surface area contributed by atoms with Crippen LogP contribution in [-0.4, -0.2) is 12.6 Å². The van der Waals surface area contributed by atoms with Crippen molar-refractivity contribution in [1.29, 1.82) is 0 Å². The molecule has 0 amide bonds. The van der Waals surface area contributed by atoms with E-state index >= 15 is 0 Å². The molecule has 16 heavy (non-hydrogen) atoms. The fourth-order valence-corrected chi connectivity index (χ4v) is 3.23. The van der Waals surface area contributed by atoms with Crippen LogP contribution in [0.1, 0.15) is 38.2 Å². The van der Waals surface area contributed by atoms with Crippen molar-refractivity contribution in [2.45, 2.75) is 38.6 Å². The van der Waals surface area contributed by atoms with Gasteiger partial charge in [0.15, 0.2) is 0 Å². The first-order valence-corrected chi connectivity index (χ1v) is 7.33. The molecule has 2 rings (SSSR count). The standard InChI is InChI=1S/C14H20IN/c1-3-12-13(9-14(12)16-4-2)10-5-7-11(15)8-6-10/h5-8,12-14,16H,3-4,9H2,1-2H3. The number of rotatable bonds is 4. The predicted molar refractivity (Wildman–Crippen MR) is 77.8 cm³/mol. The molecule has 2 heteroatoms. The molecule has 1 nitrogen and oxygen atoms in total. The average molecular weight is 329 g/mol. The van der Waals surface area contributed by atoms with Gasteiger partial charge in [0.2, 0.25) is 0 Å². The smallest absolute Gasteiger partial charge is 0.0130 e. The highest BCUT2D eigenvalue weighted by Gasteiger charge is 2.39. The summed E-state index contributed by atoms with van der Waals surface area (Å²) in [6.45, 7) is 5.61. The Bertz CT molecular complexity index is 333. The minimum atomic E-state index is 0.749. The van der Waals surface area contributed by atoms with Crippen molar-refractivity contribution in [2.75, 3.05) is 6.54 Å². The van der Waals surface area contributed by atoms with Crippen LogP contribution in [0.25, 0.3) is 0 Å². The molecule has 3 atom stereocenters. The minimum Gasteiger partial charge on any atom is -0.314 e. The van der Waals surface area contributed by atoms with Crippen molar-refractivity contribution in [3.05, 3.63) is 33.4 Å². The van der Waals surface area contributed by atoms with Crippen molar-refractivity contribution in [2.24, 2.45) is 5.92 Å². The van der Waals surface area contributed by atoms with E-state index in [1.165, 1.54) is 22.0 Å². The molecule has 0 saturated heterocycles. The third-order valence-corrected chi connectivity index (χ3v) is 4.50. The lowest BCUT2D eigenvalue weighted by molar-refractivity contribution is 0.163. The molecule has 1 N–H and O–H groups in total. The summed E-state index contributed by atoms with van der Waals surface area (Å²) in [6.07, 6.45) is 2.60. The summed E-state index contributed by atoms with van der Waals surface area (Å²) in [5.41, 5.74) is 1.53. The van der Waals surface area contributed by atoms with Gasteiger partial charge in [-0.2, -0.15) is 0 Å². The number of halogens is 1. The SMILES string of the molecule is CCNC1CC(c2ccc(I)cc2)C1CC. The topological polar surface area (TPSA) is 12.0 Å². The minimum absolute atomic E-state index is 0.749. The second-order valence-corrected chi connectivity index (χ2v) is 5.88. The van der Waals surface area contributed by atoms with Gasteiger partial charge in [0.1, 0.15) is 0 Å². The van der Waals surface area contributed by atoms with Gasteiger partial charge in [-0.05, 0) is 65.1 Å². The molecule has 88 valence electrons. The van der Waals surface area contributed by atoms with E-state index in [0.717, 1.165) is 24.4 Å². The van der Waals surface area contributed by atoms with E-state index in [2.05, 4.69) is 66.0 Å². The number of hydrogen-bond donors (Lipinski definition) is 1. The second-order valence-electron chi connectivity index (χ2n) is 4.63. The lowest BCUT2D eigenvalue weighted by atomic mass is 9.65. The van der Waals surface area contributed by atoms with Crippen molar-refractivity contribution in [3.8, 4) is 0 Å². The first-order valence-electron chi connectivity index (χ1n) is 6.25. The van der Waals surface area contributed by atoms with Crippen LogP contribution < -0.4 is 5.32 Å². The van der Waals surface area contributed by atoms with Crippen LogP contribution in [0.3, 0.4) is 0 Å². The monoisotopic (exact) mass is 329 g/mol.